The highest BCUT2D eigenvalue weighted by Crippen LogP contribution is 2.25. The van der Waals surface area contributed by atoms with E-state index in [0.717, 1.165) is 11.1 Å². The number of ether oxygens (including phenoxy) is 2. The largest absolute Gasteiger partial charge is 0.494 e. The number of esters is 1. The van der Waals surface area contributed by atoms with Gasteiger partial charge in [0.25, 0.3) is 0 Å². The molecule has 31 heavy (non-hydrogen) atoms. The van der Waals surface area contributed by atoms with Crippen LogP contribution in [0.4, 0.5) is 0 Å². The van der Waals surface area contributed by atoms with E-state index in [9.17, 15) is 4.79 Å². The number of aryl methyl sites for hydroxylation is 2. The zero-order chi connectivity index (χ0) is 22.0. The van der Waals surface area contributed by atoms with Crippen LogP contribution in [-0.4, -0.2) is 33.1 Å². The number of para-hydroxylation sites is 2. The molecule has 0 fully saturated rings. The Balaban J connectivity index is 1.50. The number of oxazole rings is 1. The molecule has 0 amide bonds. The number of nitrogens with zero attached hydrogens (tertiary/aromatic N) is 4. The van der Waals surface area contributed by atoms with E-state index in [1.165, 1.54) is 0 Å². The summed E-state index contributed by atoms with van der Waals surface area (Å²) in [6, 6.07) is 15.2. The standard InChI is InChI=1S/C23H22N4O4/c1-14-9-11-17(12-10-14)22-24-18(16(3)31-22)13-30-23(28)21-15(2)27(26-25-21)19-7-5-6-8-20(19)29-4/h5-12H,13H2,1-4H3. The Labute approximate surface area is 179 Å². The zero-order valence-corrected chi connectivity index (χ0v) is 17.7. The fourth-order valence-electron chi connectivity index (χ4n) is 3.14. The molecule has 2 heterocycles. The topological polar surface area (TPSA) is 92.3 Å². The molecule has 0 aliphatic rings. The van der Waals surface area contributed by atoms with Gasteiger partial charge in [0.2, 0.25) is 5.89 Å². The maximum absolute atomic E-state index is 12.6. The lowest BCUT2D eigenvalue weighted by Gasteiger charge is -2.08. The van der Waals surface area contributed by atoms with Crippen molar-refractivity contribution in [2.75, 3.05) is 7.11 Å². The van der Waals surface area contributed by atoms with Crippen molar-refractivity contribution in [3.63, 3.8) is 0 Å². The lowest BCUT2D eigenvalue weighted by molar-refractivity contribution is 0.0459. The molecule has 4 rings (SSSR count). The minimum Gasteiger partial charge on any atom is -0.494 e. The van der Waals surface area contributed by atoms with Crippen molar-refractivity contribution in [2.45, 2.75) is 27.4 Å². The second-order valence-corrected chi connectivity index (χ2v) is 7.07. The van der Waals surface area contributed by atoms with Crippen LogP contribution in [0.5, 0.6) is 5.75 Å². The first-order valence-electron chi connectivity index (χ1n) is 9.74. The third-order valence-corrected chi connectivity index (χ3v) is 4.93. The molecule has 0 bridgehead atoms. The molecule has 0 unspecified atom stereocenters. The number of carbonyl (C=O) groups excluding carboxylic acids is 1. The van der Waals surface area contributed by atoms with Crippen LogP contribution in [0, 0.1) is 20.8 Å². The van der Waals surface area contributed by atoms with E-state index >= 15 is 0 Å². The predicted octanol–water partition coefficient (Wildman–Crippen LogP) is 4.21. The van der Waals surface area contributed by atoms with Gasteiger partial charge in [0.1, 0.15) is 29.5 Å². The summed E-state index contributed by atoms with van der Waals surface area (Å²) in [4.78, 5) is 17.1. The van der Waals surface area contributed by atoms with Crippen molar-refractivity contribution in [1.29, 1.82) is 0 Å². The Morgan fingerprint density at radius 3 is 2.55 bits per heavy atom. The van der Waals surface area contributed by atoms with E-state index in [1.54, 1.807) is 25.6 Å². The van der Waals surface area contributed by atoms with Gasteiger partial charge in [0, 0.05) is 5.56 Å². The molecule has 0 aliphatic heterocycles. The molecule has 2 aromatic carbocycles. The Morgan fingerprint density at radius 1 is 1.06 bits per heavy atom. The van der Waals surface area contributed by atoms with Crippen LogP contribution in [0.25, 0.3) is 17.1 Å². The first-order chi connectivity index (χ1) is 15.0. The Hall–Kier alpha value is -3.94. The molecule has 8 heteroatoms. The molecular weight excluding hydrogens is 396 g/mol. The van der Waals surface area contributed by atoms with E-state index in [0.29, 0.717) is 34.5 Å². The minimum atomic E-state index is -0.585. The molecule has 8 nitrogen and oxygen atoms in total. The van der Waals surface area contributed by atoms with Crippen molar-refractivity contribution >= 4 is 5.97 Å². The summed E-state index contributed by atoms with van der Waals surface area (Å²) in [5.74, 6) is 1.12. The fraction of sp³-hybridized carbons (Fsp3) is 0.217. The second kappa shape index (κ2) is 8.43. The third kappa shape index (κ3) is 4.05. The lowest BCUT2D eigenvalue weighted by Crippen LogP contribution is -2.09. The lowest BCUT2D eigenvalue weighted by atomic mass is 10.1. The van der Waals surface area contributed by atoms with Gasteiger partial charge in [-0.2, -0.15) is 0 Å². The third-order valence-electron chi connectivity index (χ3n) is 4.93. The highest BCUT2D eigenvalue weighted by atomic mass is 16.5. The summed E-state index contributed by atoms with van der Waals surface area (Å²) < 4.78 is 18.1. The molecule has 158 valence electrons. The van der Waals surface area contributed by atoms with Crippen LogP contribution >= 0.6 is 0 Å². The van der Waals surface area contributed by atoms with Crippen molar-refractivity contribution in [2.24, 2.45) is 0 Å². The van der Waals surface area contributed by atoms with Crippen molar-refractivity contribution in [1.82, 2.24) is 20.0 Å². The van der Waals surface area contributed by atoms with Crippen molar-refractivity contribution < 1.29 is 18.7 Å². The SMILES string of the molecule is COc1ccccc1-n1nnc(C(=O)OCc2nc(-c3ccc(C)cc3)oc2C)c1C. The Kier molecular flexibility index (Phi) is 5.53. The smallest absolute Gasteiger partial charge is 0.361 e. The minimum absolute atomic E-state index is 0.0268. The van der Waals surface area contributed by atoms with Crippen LogP contribution in [0.1, 0.15) is 33.2 Å². The molecule has 0 saturated carbocycles. The normalized spacial score (nSPS) is 10.8. The van der Waals surface area contributed by atoms with Crippen LogP contribution in [-0.2, 0) is 11.3 Å². The average molecular weight is 418 g/mol. The number of methoxy groups -OCH3 is 1. The molecule has 2 aromatic heterocycles. The second-order valence-electron chi connectivity index (χ2n) is 7.07. The van der Waals surface area contributed by atoms with Gasteiger partial charge in [-0.05, 0) is 45.0 Å². The molecule has 0 atom stereocenters. The van der Waals surface area contributed by atoms with E-state index in [2.05, 4.69) is 15.3 Å². The summed E-state index contributed by atoms with van der Waals surface area (Å²) >= 11 is 0. The van der Waals surface area contributed by atoms with Gasteiger partial charge in [-0.3, -0.25) is 0 Å². The van der Waals surface area contributed by atoms with Crippen LogP contribution in [0.3, 0.4) is 0 Å². The van der Waals surface area contributed by atoms with E-state index in [1.807, 2.05) is 55.5 Å². The average Bonchev–Trinajstić information content (AvgIpc) is 3.35. The molecule has 0 radical (unpaired) electrons. The summed E-state index contributed by atoms with van der Waals surface area (Å²) in [5, 5.41) is 8.09. The van der Waals surface area contributed by atoms with E-state index < -0.39 is 5.97 Å². The van der Waals surface area contributed by atoms with Crippen LogP contribution < -0.4 is 4.74 Å². The Morgan fingerprint density at radius 2 is 1.81 bits per heavy atom. The summed E-state index contributed by atoms with van der Waals surface area (Å²) in [5.41, 5.74) is 3.93. The maximum atomic E-state index is 12.6. The van der Waals surface area contributed by atoms with Crippen molar-refractivity contribution in [3.8, 4) is 22.9 Å². The van der Waals surface area contributed by atoms with Gasteiger partial charge in [-0.15, -0.1) is 5.10 Å². The maximum Gasteiger partial charge on any atom is 0.361 e. The van der Waals surface area contributed by atoms with Gasteiger partial charge in [-0.25, -0.2) is 14.5 Å². The van der Waals surface area contributed by atoms with Gasteiger partial charge >= 0.3 is 5.97 Å². The Bertz CT molecular complexity index is 1220. The zero-order valence-electron chi connectivity index (χ0n) is 17.7. The summed E-state index contributed by atoms with van der Waals surface area (Å²) in [6.45, 7) is 5.53. The van der Waals surface area contributed by atoms with Crippen molar-refractivity contribution in [3.05, 3.63) is 76.9 Å². The molecule has 0 spiro atoms. The number of benzene rings is 2. The van der Waals surface area contributed by atoms with E-state index in [4.69, 9.17) is 13.9 Å². The molecule has 0 aliphatic carbocycles. The predicted molar refractivity (Wildman–Crippen MR) is 113 cm³/mol. The first-order valence-corrected chi connectivity index (χ1v) is 9.74. The number of rotatable bonds is 6. The molecular formula is C23H22N4O4. The van der Waals surface area contributed by atoms with Gasteiger partial charge in [-0.1, -0.05) is 35.0 Å². The van der Waals surface area contributed by atoms with Crippen LogP contribution in [0.2, 0.25) is 0 Å². The quantitative estimate of drug-likeness (QED) is 0.433. The van der Waals surface area contributed by atoms with Gasteiger partial charge < -0.3 is 13.9 Å². The number of hydrogen-bond donors (Lipinski definition) is 0. The van der Waals surface area contributed by atoms with E-state index in [-0.39, 0.29) is 12.3 Å². The number of hydrogen-bond acceptors (Lipinski definition) is 7. The van der Waals surface area contributed by atoms with Crippen LogP contribution in [0.15, 0.2) is 52.9 Å². The first kappa shape index (κ1) is 20.3. The summed E-state index contributed by atoms with van der Waals surface area (Å²) in [7, 11) is 1.57. The fourth-order valence-corrected chi connectivity index (χ4v) is 3.14. The highest BCUT2D eigenvalue weighted by molar-refractivity contribution is 5.88. The summed E-state index contributed by atoms with van der Waals surface area (Å²) in [6.07, 6.45) is 0. The molecule has 4 aromatic rings. The number of carbonyl (C=O) groups is 1. The number of aromatic nitrogens is 4. The van der Waals surface area contributed by atoms with Gasteiger partial charge in [0.05, 0.1) is 12.8 Å². The van der Waals surface area contributed by atoms with Gasteiger partial charge in [0.15, 0.2) is 5.69 Å². The highest BCUT2D eigenvalue weighted by Gasteiger charge is 2.21. The monoisotopic (exact) mass is 418 g/mol. The molecule has 0 saturated heterocycles. The molecule has 0 N–H and O–H groups in total.